The van der Waals surface area contributed by atoms with E-state index in [-0.39, 0.29) is 0 Å². The first kappa shape index (κ1) is 17.7. The second-order valence-electron chi connectivity index (χ2n) is 5.67. The first-order chi connectivity index (χ1) is 12.5. The maximum atomic E-state index is 12.6. The van der Waals surface area contributed by atoms with E-state index in [1.54, 1.807) is 45.6 Å². The van der Waals surface area contributed by atoms with Crippen LogP contribution >= 0.6 is 0 Å². The summed E-state index contributed by atoms with van der Waals surface area (Å²) in [6.07, 6.45) is 0. The Morgan fingerprint density at radius 1 is 0.808 bits per heavy atom. The van der Waals surface area contributed by atoms with Gasteiger partial charge in [0.15, 0.2) is 11.5 Å². The third-order valence-corrected chi connectivity index (χ3v) is 4.32. The van der Waals surface area contributed by atoms with Crippen molar-refractivity contribution in [1.82, 2.24) is 0 Å². The molecule has 3 rings (SSSR count). The molecule has 0 atom stereocenters. The number of benzene rings is 2. The van der Waals surface area contributed by atoms with Crippen LogP contribution < -0.4 is 24.6 Å². The highest BCUT2D eigenvalue weighted by atomic mass is 16.5. The van der Waals surface area contributed by atoms with Crippen LogP contribution in [0.1, 0.15) is 5.56 Å². The molecule has 0 aliphatic rings. The maximum absolute atomic E-state index is 12.6. The highest BCUT2D eigenvalue weighted by Gasteiger charge is 2.18. The van der Waals surface area contributed by atoms with Gasteiger partial charge in [-0.05, 0) is 31.2 Å². The zero-order valence-corrected chi connectivity index (χ0v) is 15.3. The lowest BCUT2D eigenvalue weighted by atomic mass is 10.0. The molecule has 6 heteroatoms. The quantitative estimate of drug-likeness (QED) is 0.693. The molecular weight excluding hydrogens is 336 g/mol. The molecule has 136 valence electrons. The minimum absolute atomic E-state index is 0.384. The van der Waals surface area contributed by atoms with Crippen molar-refractivity contribution < 1.29 is 23.4 Å². The fourth-order valence-electron chi connectivity index (χ4n) is 2.97. The van der Waals surface area contributed by atoms with E-state index in [9.17, 15) is 4.79 Å². The molecule has 0 saturated heterocycles. The Kier molecular flexibility index (Phi) is 4.75. The Bertz CT molecular complexity index is 1020. The fourth-order valence-corrected chi connectivity index (χ4v) is 2.97. The number of hydrogen-bond acceptors (Lipinski definition) is 6. The number of fused-ring (bicyclic) bond motifs is 1. The second-order valence-corrected chi connectivity index (χ2v) is 5.67. The lowest BCUT2D eigenvalue weighted by Gasteiger charge is -2.13. The molecule has 6 nitrogen and oxygen atoms in total. The van der Waals surface area contributed by atoms with Crippen molar-refractivity contribution in [1.29, 1.82) is 0 Å². The summed E-state index contributed by atoms with van der Waals surface area (Å²) in [5.41, 5.74) is 1.03. The topological polar surface area (TPSA) is 67.1 Å². The maximum Gasteiger partial charge on any atom is 0.347 e. The van der Waals surface area contributed by atoms with Crippen LogP contribution in [0.2, 0.25) is 0 Å². The number of ether oxygens (including phenoxy) is 4. The van der Waals surface area contributed by atoms with Crippen molar-refractivity contribution in [2.75, 3.05) is 28.4 Å². The van der Waals surface area contributed by atoms with Crippen LogP contribution in [0.25, 0.3) is 22.1 Å². The Morgan fingerprint density at radius 2 is 1.50 bits per heavy atom. The zero-order valence-electron chi connectivity index (χ0n) is 15.3. The van der Waals surface area contributed by atoms with Crippen molar-refractivity contribution in [3.63, 3.8) is 0 Å². The molecule has 0 bridgehead atoms. The first-order valence-electron chi connectivity index (χ1n) is 7.95. The number of aryl methyl sites for hydroxylation is 1. The van der Waals surface area contributed by atoms with Crippen LogP contribution in [-0.2, 0) is 0 Å². The van der Waals surface area contributed by atoms with Gasteiger partial charge in [-0.25, -0.2) is 4.79 Å². The largest absolute Gasteiger partial charge is 0.497 e. The molecule has 0 amide bonds. The summed E-state index contributed by atoms with van der Waals surface area (Å²) < 4.78 is 26.9. The van der Waals surface area contributed by atoms with Crippen LogP contribution in [0, 0.1) is 6.92 Å². The summed E-state index contributed by atoms with van der Waals surface area (Å²) in [5, 5.41) is 1.09. The lowest BCUT2D eigenvalue weighted by molar-refractivity contribution is 0.355. The fraction of sp³-hybridized carbons (Fsp3) is 0.250. The predicted octanol–water partition coefficient (Wildman–Crippen LogP) is 3.80. The summed E-state index contributed by atoms with van der Waals surface area (Å²) in [7, 11) is 6.19. The van der Waals surface area contributed by atoms with E-state index in [1.807, 2.05) is 13.0 Å². The Hall–Kier alpha value is -3.15. The van der Waals surface area contributed by atoms with E-state index in [0.717, 1.165) is 5.56 Å². The zero-order chi connectivity index (χ0) is 18.8. The van der Waals surface area contributed by atoms with Gasteiger partial charge in [0.2, 0.25) is 0 Å². The molecule has 0 aliphatic heterocycles. The van der Waals surface area contributed by atoms with Crippen LogP contribution in [0.5, 0.6) is 23.0 Å². The molecule has 0 unspecified atom stereocenters. The van der Waals surface area contributed by atoms with Gasteiger partial charge in [0.1, 0.15) is 22.6 Å². The summed E-state index contributed by atoms with van der Waals surface area (Å²) >= 11 is 0. The standard InChI is InChI=1S/C20H20O6/c1-11-14-9-13(22-2)10-17(25-5)18(14)20(21)26-19(11)12-6-7-15(23-3)16(8-12)24-4/h6-10H,1-5H3. The van der Waals surface area contributed by atoms with E-state index in [4.69, 9.17) is 23.4 Å². The van der Waals surface area contributed by atoms with Crippen LogP contribution in [0.3, 0.4) is 0 Å². The minimum atomic E-state index is -0.477. The lowest BCUT2D eigenvalue weighted by Crippen LogP contribution is -2.05. The smallest absolute Gasteiger partial charge is 0.347 e. The highest BCUT2D eigenvalue weighted by molar-refractivity contribution is 5.94. The monoisotopic (exact) mass is 356 g/mol. The van der Waals surface area contributed by atoms with Gasteiger partial charge in [-0.1, -0.05) is 0 Å². The average molecular weight is 356 g/mol. The molecule has 1 heterocycles. The Morgan fingerprint density at radius 3 is 2.12 bits per heavy atom. The molecule has 3 aromatic rings. The van der Waals surface area contributed by atoms with Crippen molar-refractivity contribution in [2.24, 2.45) is 0 Å². The minimum Gasteiger partial charge on any atom is -0.497 e. The van der Waals surface area contributed by atoms with Crippen LogP contribution in [0.4, 0.5) is 0 Å². The van der Waals surface area contributed by atoms with Gasteiger partial charge in [-0.3, -0.25) is 0 Å². The van der Waals surface area contributed by atoms with E-state index >= 15 is 0 Å². The SMILES string of the molecule is COc1cc(OC)c2c(=O)oc(-c3ccc(OC)c(OC)c3)c(C)c2c1. The number of rotatable bonds is 5. The average Bonchev–Trinajstić information content (AvgIpc) is 2.68. The molecule has 0 radical (unpaired) electrons. The molecule has 0 aliphatic carbocycles. The summed E-state index contributed by atoms with van der Waals surface area (Å²) in [4.78, 5) is 12.6. The molecule has 0 saturated carbocycles. The predicted molar refractivity (Wildman–Crippen MR) is 98.9 cm³/mol. The van der Waals surface area contributed by atoms with E-state index in [2.05, 4.69) is 0 Å². The van der Waals surface area contributed by atoms with Gasteiger partial charge in [0.05, 0.1) is 28.4 Å². The molecule has 0 spiro atoms. The summed E-state index contributed by atoms with van der Waals surface area (Å²) in [5.74, 6) is 2.62. The number of hydrogen-bond donors (Lipinski definition) is 0. The van der Waals surface area contributed by atoms with E-state index < -0.39 is 5.63 Å². The third kappa shape index (κ3) is 2.83. The van der Waals surface area contributed by atoms with E-state index in [0.29, 0.717) is 45.1 Å². The third-order valence-electron chi connectivity index (χ3n) is 4.32. The van der Waals surface area contributed by atoms with Crippen molar-refractivity contribution >= 4 is 10.8 Å². The molecule has 2 aromatic carbocycles. The van der Waals surface area contributed by atoms with Crippen LogP contribution in [-0.4, -0.2) is 28.4 Å². The van der Waals surface area contributed by atoms with Gasteiger partial charge in [-0.15, -0.1) is 0 Å². The van der Waals surface area contributed by atoms with Gasteiger partial charge in [0.25, 0.3) is 0 Å². The van der Waals surface area contributed by atoms with Gasteiger partial charge < -0.3 is 23.4 Å². The van der Waals surface area contributed by atoms with E-state index in [1.165, 1.54) is 7.11 Å². The Balaban J connectivity index is 2.32. The molecule has 1 aromatic heterocycles. The van der Waals surface area contributed by atoms with Crippen molar-refractivity contribution in [3.05, 3.63) is 46.3 Å². The molecule has 26 heavy (non-hydrogen) atoms. The number of methoxy groups -OCH3 is 4. The van der Waals surface area contributed by atoms with Crippen molar-refractivity contribution in [2.45, 2.75) is 6.92 Å². The molecule has 0 fully saturated rings. The Labute approximate surface area is 150 Å². The van der Waals surface area contributed by atoms with Gasteiger partial charge in [-0.2, -0.15) is 0 Å². The first-order valence-corrected chi connectivity index (χ1v) is 7.95. The molecular formula is C20H20O6. The van der Waals surface area contributed by atoms with Crippen molar-refractivity contribution in [3.8, 4) is 34.3 Å². The van der Waals surface area contributed by atoms with Gasteiger partial charge in [0, 0.05) is 22.6 Å². The summed E-state index contributed by atoms with van der Waals surface area (Å²) in [6.45, 7) is 1.89. The van der Waals surface area contributed by atoms with Crippen LogP contribution in [0.15, 0.2) is 39.5 Å². The highest BCUT2D eigenvalue weighted by Crippen LogP contribution is 2.37. The normalized spacial score (nSPS) is 10.7. The van der Waals surface area contributed by atoms with Gasteiger partial charge >= 0.3 is 5.63 Å². The molecule has 0 N–H and O–H groups in total. The summed E-state index contributed by atoms with van der Waals surface area (Å²) in [6, 6.07) is 8.82. The second kappa shape index (κ2) is 7.00.